The van der Waals surface area contributed by atoms with E-state index in [1.54, 1.807) is 0 Å². The fourth-order valence-electron chi connectivity index (χ4n) is 1.67. The van der Waals surface area contributed by atoms with Crippen LogP contribution in [-0.2, 0) is 21.0 Å². The normalized spacial score (nSPS) is 12.7. The molecule has 0 aromatic heterocycles. The molecule has 0 unspecified atom stereocenters. The molecule has 1 rings (SSSR count). The van der Waals surface area contributed by atoms with E-state index < -0.39 is 34.2 Å². The number of carboxylic acid groups (broad SMARTS) is 1. The average molecular weight is 325 g/mol. The summed E-state index contributed by atoms with van der Waals surface area (Å²) in [6.07, 6.45) is -4.95. The molecule has 0 aliphatic carbocycles. The summed E-state index contributed by atoms with van der Waals surface area (Å²) < 4.78 is 62.9. The minimum absolute atomic E-state index is 0.213. The maximum Gasteiger partial charge on any atom is 0.416 e. The van der Waals surface area contributed by atoms with Gasteiger partial charge in [-0.1, -0.05) is 0 Å². The summed E-state index contributed by atoms with van der Waals surface area (Å²) in [6, 6.07) is 2.49. The third kappa shape index (κ3) is 4.18. The van der Waals surface area contributed by atoms with Gasteiger partial charge >= 0.3 is 12.1 Å². The number of carbonyl (C=O) groups is 1. The lowest BCUT2D eigenvalue weighted by Gasteiger charge is -2.17. The minimum Gasteiger partial charge on any atom is -0.481 e. The van der Waals surface area contributed by atoms with Crippen molar-refractivity contribution in [3.63, 3.8) is 0 Å². The topological polar surface area (TPSA) is 74.7 Å². The van der Waals surface area contributed by atoms with Crippen LogP contribution in [0.4, 0.5) is 13.2 Å². The van der Waals surface area contributed by atoms with Gasteiger partial charge in [0.2, 0.25) is 10.0 Å². The summed E-state index contributed by atoms with van der Waals surface area (Å²) in [4.78, 5) is 10.1. The maximum absolute atomic E-state index is 12.6. The van der Waals surface area contributed by atoms with Gasteiger partial charge in [-0.25, -0.2) is 12.7 Å². The van der Waals surface area contributed by atoms with Crippen molar-refractivity contribution >= 4 is 16.0 Å². The van der Waals surface area contributed by atoms with E-state index in [4.69, 9.17) is 5.11 Å². The van der Waals surface area contributed by atoms with E-state index in [1.165, 1.54) is 14.0 Å². The van der Waals surface area contributed by atoms with Gasteiger partial charge in [-0.15, -0.1) is 0 Å². The van der Waals surface area contributed by atoms with Crippen LogP contribution < -0.4 is 0 Å². The van der Waals surface area contributed by atoms with Crippen molar-refractivity contribution in [2.45, 2.75) is 24.4 Å². The van der Waals surface area contributed by atoms with E-state index >= 15 is 0 Å². The second-order valence-electron chi connectivity index (χ2n) is 4.44. The number of aryl methyl sites for hydroxylation is 1. The molecule has 0 spiro atoms. The molecule has 21 heavy (non-hydrogen) atoms. The van der Waals surface area contributed by atoms with E-state index in [2.05, 4.69) is 0 Å². The molecule has 0 heterocycles. The Balaban J connectivity index is 3.10. The summed E-state index contributed by atoms with van der Waals surface area (Å²) in [5, 5.41) is 8.52. The first-order valence-corrected chi connectivity index (χ1v) is 7.26. The van der Waals surface area contributed by atoms with Crippen LogP contribution in [0.15, 0.2) is 23.1 Å². The van der Waals surface area contributed by atoms with Crippen molar-refractivity contribution in [1.29, 1.82) is 0 Å². The molecule has 0 atom stereocenters. The molecule has 0 radical (unpaired) electrons. The van der Waals surface area contributed by atoms with Crippen LogP contribution in [0, 0.1) is 6.92 Å². The molecular weight excluding hydrogens is 311 g/mol. The van der Waals surface area contributed by atoms with Crippen molar-refractivity contribution in [2.24, 2.45) is 0 Å². The second-order valence-corrected chi connectivity index (χ2v) is 6.49. The van der Waals surface area contributed by atoms with E-state index in [9.17, 15) is 26.4 Å². The predicted molar refractivity (Wildman–Crippen MR) is 68.2 cm³/mol. The van der Waals surface area contributed by atoms with Crippen molar-refractivity contribution in [3.8, 4) is 0 Å². The summed E-state index contributed by atoms with van der Waals surface area (Å²) in [5.41, 5.74) is -1.12. The summed E-state index contributed by atoms with van der Waals surface area (Å²) in [5.74, 6) is -1.17. The molecule has 0 saturated heterocycles. The van der Waals surface area contributed by atoms with Gasteiger partial charge in [-0.2, -0.15) is 13.2 Å². The highest BCUT2D eigenvalue weighted by Crippen LogP contribution is 2.33. The van der Waals surface area contributed by atoms with Crippen LogP contribution in [0.25, 0.3) is 0 Å². The highest BCUT2D eigenvalue weighted by Gasteiger charge is 2.33. The first kappa shape index (κ1) is 17.4. The molecule has 1 aromatic carbocycles. The van der Waals surface area contributed by atoms with Crippen LogP contribution >= 0.6 is 0 Å². The zero-order valence-corrected chi connectivity index (χ0v) is 12.1. The van der Waals surface area contributed by atoms with Crippen molar-refractivity contribution in [3.05, 3.63) is 29.3 Å². The van der Waals surface area contributed by atoms with Crippen molar-refractivity contribution in [2.75, 3.05) is 13.6 Å². The number of benzene rings is 1. The largest absolute Gasteiger partial charge is 0.481 e. The van der Waals surface area contributed by atoms with Crippen LogP contribution in [0.2, 0.25) is 0 Å². The molecule has 0 amide bonds. The Kier molecular flexibility index (Phi) is 5.00. The van der Waals surface area contributed by atoms with Crippen molar-refractivity contribution < 1.29 is 31.5 Å². The smallest absolute Gasteiger partial charge is 0.416 e. The van der Waals surface area contributed by atoms with Crippen LogP contribution in [0.1, 0.15) is 17.5 Å². The Hall–Kier alpha value is -1.61. The van der Waals surface area contributed by atoms with Gasteiger partial charge < -0.3 is 5.11 Å². The third-order valence-corrected chi connectivity index (χ3v) is 4.70. The molecule has 9 heteroatoms. The summed E-state index contributed by atoms with van der Waals surface area (Å²) in [7, 11) is -2.84. The highest BCUT2D eigenvalue weighted by atomic mass is 32.2. The average Bonchev–Trinajstić information content (AvgIpc) is 2.33. The minimum atomic E-state index is -4.55. The SMILES string of the molecule is Cc1cc(S(=O)(=O)N(C)CCC(=O)O)ccc1C(F)(F)F. The Bertz CT molecular complexity index is 640. The van der Waals surface area contributed by atoms with E-state index in [0.29, 0.717) is 6.07 Å². The Labute approximate surface area is 120 Å². The Morgan fingerprint density at radius 3 is 2.33 bits per heavy atom. The maximum atomic E-state index is 12.6. The number of hydrogen-bond acceptors (Lipinski definition) is 3. The number of rotatable bonds is 5. The van der Waals surface area contributed by atoms with Gasteiger partial charge in [0.05, 0.1) is 16.9 Å². The summed E-state index contributed by atoms with van der Waals surface area (Å²) in [6.45, 7) is 0.900. The molecule has 0 fully saturated rings. The van der Waals surface area contributed by atoms with Crippen LogP contribution in [0.3, 0.4) is 0 Å². The van der Waals surface area contributed by atoms with Gasteiger partial charge in [-0.05, 0) is 30.7 Å². The number of carboxylic acids is 1. The molecule has 0 bridgehead atoms. The number of nitrogens with zero attached hydrogens (tertiary/aromatic N) is 1. The molecule has 118 valence electrons. The predicted octanol–water partition coefficient (Wildman–Crippen LogP) is 2.11. The molecule has 1 aromatic rings. The lowest BCUT2D eigenvalue weighted by atomic mass is 10.1. The standard InChI is InChI=1S/C12H14F3NO4S/c1-8-7-9(3-4-10(8)12(13,14)15)21(19,20)16(2)6-5-11(17)18/h3-4,7H,5-6H2,1-2H3,(H,17,18). The Morgan fingerprint density at radius 1 is 1.33 bits per heavy atom. The number of aliphatic carboxylic acids is 1. The van der Waals surface area contributed by atoms with Crippen molar-refractivity contribution in [1.82, 2.24) is 4.31 Å². The van der Waals surface area contributed by atoms with E-state index in [1.807, 2.05) is 0 Å². The number of alkyl halides is 3. The second kappa shape index (κ2) is 6.02. The zero-order chi connectivity index (χ0) is 16.4. The first-order chi connectivity index (χ1) is 9.46. The lowest BCUT2D eigenvalue weighted by Crippen LogP contribution is -2.29. The van der Waals surface area contributed by atoms with Gasteiger partial charge in [0.15, 0.2) is 0 Å². The molecule has 0 aliphatic rings. The van der Waals surface area contributed by atoms with E-state index in [-0.39, 0.29) is 17.0 Å². The highest BCUT2D eigenvalue weighted by molar-refractivity contribution is 7.89. The summed E-state index contributed by atoms with van der Waals surface area (Å²) >= 11 is 0. The fourth-order valence-corrected chi connectivity index (χ4v) is 2.93. The number of sulfonamides is 1. The van der Waals surface area contributed by atoms with Crippen LogP contribution in [-0.4, -0.2) is 37.4 Å². The van der Waals surface area contributed by atoms with E-state index in [0.717, 1.165) is 16.4 Å². The van der Waals surface area contributed by atoms with Gasteiger partial charge in [0.1, 0.15) is 0 Å². The lowest BCUT2D eigenvalue weighted by molar-refractivity contribution is -0.138. The number of hydrogen-bond donors (Lipinski definition) is 1. The molecule has 1 N–H and O–H groups in total. The Morgan fingerprint density at radius 2 is 1.90 bits per heavy atom. The van der Waals surface area contributed by atoms with Gasteiger partial charge in [0.25, 0.3) is 0 Å². The first-order valence-electron chi connectivity index (χ1n) is 5.82. The molecule has 5 nitrogen and oxygen atoms in total. The van der Waals surface area contributed by atoms with Crippen LogP contribution in [0.5, 0.6) is 0 Å². The fraction of sp³-hybridized carbons (Fsp3) is 0.417. The van der Waals surface area contributed by atoms with Gasteiger partial charge in [0, 0.05) is 13.6 Å². The molecular formula is C12H14F3NO4S. The monoisotopic (exact) mass is 325 g/mol. The number of halogens is 3. The van der Waals surface area contributed by atoms with Gasteiger partial charge in [-0.3, -0.25) is 4.79 Å². The molecule has 0 saturated carbocycles. The molecule has 0 aliphatic heterocycles. The zero-order valence-electron chi connectivity index (χ0n) is 11.3. The third-order valence-electron chi connectivity index (χ3n) is 2.85. The quantitative estimate of drug-likeness (QED) is 0.900.